The first-order chi connectivity index (χ1) is 8.48. The summed E-state index contributed by atoms with van der Waals surface area (Å²) in [5.74, 6) is 1.93. The Bertz CT molecular complexity index is 394. The van der Waals surface area contributed by atoms with Gasteiger partial charge in [-0.3, -0.25) is 0 Å². The highest BCUT2D eigenvalue weighted by atomic mass is 32.2. The minimum Gasteiger partial charge on any atom is -0.310 e. The molecule has 1 heterocycles. The van der Waals surface area contributed by atoms with Crippen molar-refractivity contribution in [3.8, 4) is 0 Å². The fourth-order valence-corrected chi connectivity index (χ4v) is 3.30. The maximum atomic E-state index is 3.77. The SMILES string of the molecule is CC(CNC1CCSc2ccccc21)C(C)(C)C. The highest BCUT2D eigenvalue weighted by Crippen LogP contribution is 2.36. The van der Waals surface area contributed by atoms with E-state index in [1.165, 1.54) is 22.6 Å². The number of benzene rings is 1. The lowest BCUT2D eigenvalue weighted by atomic mass is 9.82. The molecule has 0 radical (unpaired) electrons. The average molecular weight is 263 g/mol. The molecule has 0 saturated carbocycles. The molecule has 2 atom stereocenters. The fraction of sp³-hybridized carbons (Fsp3) is 0.625. The van der Waals surface area contributed by atoms with Crippen molar-refractivity contribution in [3.05, 3.63) is 29.8 Å². The van der Waals surface area contributed by atoms with Crippen LogP contribution in [0, 0.1) is 11.3 Å². The third kappa shape index (κ3) is 3.30. The molecule has 18 heavy (non-hydrogen) atoms. The first kappa shape index (κ1) is 14.0. The smallest absolute Gasteiger partial charge is 0.0339 e. The molecule has 0 amide bonds. The molecule has 0 aromatic heterocycles. The second kappa shape index (κ2) is 5.66. The van der Waals surface area contributed by atoms with Gasteiger partial charge in [-0.15, -0.1) is 11.8 Å². The molecule has 0 fully saturated rings. The van der Waals surface area contributed by atoms with E-state index in [2.05, 4.69) is 57.3 Å². The monoisotopic (exact) mass is 263 g/mol. The van der Waals surface area contributed by atoms with E-state index in [0.29, 0.717) is 17.4 Å². The Hall–Kier alpha value is -0.470. The van der Waals surface area contributed by atoms with Gasteiger partial charge in [-0.05, 0) is 41.7 Å². The van der Waals surface area contributed by atoms with Gasteiger partial charge in [0.05, 0.1) is 0 Å². The van der Waals surface area contributed by atoms with Gasteiger partial charge in [0, 0.05) is 10.9 Å². The third-order valence-corrected chi connectivity index (χ3v) is 5.23. The molecule has 1 aliphatic heterocycles. The fourth-order valence-electron chi connectivity index (χ4n) is 2.18. The first-order valence-electron chi connectivity index (χ1n) is 6.93. The van der Waals surface area contributed by atoms with Crippen molar-refractivity contribution in [2.45, 2.75) is 45.1 Å². The van der Waals surface area contributed by atoms with Crippen LogP contribution < -0.4 is 5.32 Å². The van der Waals surface area contributed by atoms with Gasteiger partial charge in [0.2, 0.25) is 0 Å². The van der Waals surface area contributed by atoms with E-state index in [4.69, 9.17) is 0 Å². The lowest BCUT2D eigenvalue weighted by molar-refractivity contribution is 0.244. The van der Waals surface area contributed by atoms with Crippen molar-refractivity contribution in [2.24, 2.45) is 11.3 Å². The summed E-state index contributed by atoms with van der Waals surface area (Å²) < 4.78 is 0. The summed E-state index contributed by atoms with van der Waals surface area (Å²) in [7, 11) is 0. The lowest BCUT2D eigenvalue weighted by Crippen LogP contribution is -2.33. The largest absolute Gasteiger partial charge is 0.310 e. The van der Waals surface area contributed by atoms with E-state index in [-0.39, 0.29) is 0 Å². The predicted octanol–water partition coefficient (Wildman–Crippen LogP) is 4.50. The van der Waals surface area contributed by atoms with Crippen LogP contribution in [0.25, 0.3) is 0 Å². The summed E-state index contributed by atoms with van der Waals surface area (Å²) in [4.78, 5) is 1.46. The summed E-state index contributed by atoms with van der Waals surface area (Å²) in [6.07, 6.45) is 1.25. The van der Waals surface area contributed by atoms with E-state index in [1.54, 1.807) is 0 Å². The molecule has 1 aromatic rings. The molecule has 100 valence electrons. The molecule has 2 heteroatoms. The van der Waals surface area contributed by atoms with Crippen LogP contribution in [0.15, 0.2) is 29.2 Å². The zero-order valence-corrected chi connectivity index (χ0v) is 12.8. The summed E-state index contributed by atoms with van der Waals surface area (Å²) in [5, 5.41) is 3.77. The van der Waals surface area contributed by atoms with E-state index in [1.807, 2.05) is 11.8 Å². The summed E-state index contributed by atoms with van der Waals surface area (Å²) in [6.45, 7) is 10.4. The van der Waals surface area contributed by atoms with Crippen molar-refractivity contribution >= 4 is 11.8 Å². The average Bonchev–Trinajstić information content (AvgIpc) is 2.34. The van der Waals surface area contributed by atoms with Gasteiger partial charge in [-0.25, -0.2) is 0 Å². The molecule has 2 rings (SSSR count). The van der Waals surface area contributed by atoms with Crippen LogP contribution >= 0.6 is 11.8 Å². The number of fused-ring (bicyclic) bond motifs is 1. The molecule has 1 N–H and O–H groups in total. The molecule has 2 unspecified atom stereocenters. The molecule has 1 aliphatic rings. The van der Waals surface area contributed by atoms with Crippen molar-refractivity contribution in [1.29, 1.82) is 0 Å². The predicted molar refractivity (Wildman–Crippen MR) is 81.1 cm³/mol. The Morgan fingerprint density at radius 1 is 1.33 bits per heavy atom. The van der Waals surface area contributed by atoms with Gasteiger partial charge in [-0.2, -0.15) is 0 Å². The van der Waals surface area contributed by atoms with Gasteiger partial charge in [0.25, 0.3) is 0 Å². The Kier molecular flexibility index (Phi) is 4.39. The molecule has 0 saturated heterocycles. The van der Waals surface area contributed by atoms with Gasteiger partial charge in [-0.1, -0.05) is 45.9 Å². The highest BCUT2D eigenvalue weighted by molar-refractivity contribution is 7.99. The van der Waals surface area contributed by atoms with Crippen LogP contribution in [0.1, 0.15) is 45.7 Å². The van der Waals surface area contributed by atoms with E-state index >= 15 is 0 Å². The van der Waals surface area contributed by atoms with E-state index in [0.717, 1.165) is 6.54 Å². The zero-order chi connectivity index (χ0) is 13.2. The molecular formula is C16H25NS. The Morgan fingerprint density at radius 3 is 2.78 bits per heavy atom. The van der Waals surface area contributed by atoms with E-state index < -0.39 is 0 Å². The van der Waals surface area contributed by atoms with Crippen LogP contribution in [-0.2, 0) is 0 Å². The van der Waals surface area contributed by atoms with Crippen LogP contribution in [0.3, 0.4) is 0 Å². The molecular weight excluding hydrogens is 238 g/mol. The van der Waals surface area contributed by atoms with Crippen LogP contribution in [0.2, 0.25) is 0 Å². The third-order valence-electron chi connectivity index (χ3n) is 4.11. The van der Waals surface area contributed by atoms with Crippen molar-refractivity contribution < 1.29 is 0 Å². The summed E-state index contributed by atoms with van der Waals surface area (Å²) >= 11 is 1.99. The molecule has 0 spiro atoms. The second-order valence-electron chi connectivity index (χ2n) is 6.40. The van der Waals surface area contributed by atoms with Gasteiger partial charge in [0.1, 0.15) is 0 Å². The van der Waals surface area contributed by atoms with Crippen molar-refractivity contribution in [2.75, 3.05) is 12.3 Å². The zero-order valence-electron chi connectivity index (χ0n) is 12.0. The Labute approximate surface area is 116 Å². The Balaban J connectivity index is 2.00. The van der Waals surface area contributed by atoms with Gasteiger partial charge in [0.15, 0.2) is 0 Å². The van der Waals surface area contributed by atoms with Crippen molar-refractivity contribution in [3.63, 3.8) is 0 Å². The summed E-state index contributed by atoms with van der Waals surface area (Å²) in [6, 6.07) is 9.38. The number of nitrogens with one attached hydrogen (secondary N) is 1. The number of hydrogen-bond donors (Lipinski definition) is 1. The summed E-state index contributed by atoms with van der Waals surface area (Å²) in [5.41, 5.74) is 1.88. The minimum absolute atomic E-state index is 0.385. The lowest BCUT2D eigenvalue weighted by Gasteiger charge is -2.31. The first-order valence-corrected chi connectivity index (χ1v) is 7.92. The standard InChI is InChI=1S/C16H25NS/c1-12(16(2,3)4)11-17-14-9-10-18-15-8-6-5-7-13(14)15/h5-8,12,14,17H,9-11H2,1-4H3. The minimum atomic E-state index is 0.385. The maximum Gasteiger partial charge on any atom is 0.0339 e. The van der Waals surface area contributed by atoms with Gasteiger partial charge < -0.3 is 5.32 Å². The van der Waals surface area contributed by atoms with Crippen LogP contribution in [0.4, 0.5) is 0 Å². The van der Waals surface area contributed by atoms with Crippen molar-refractivity contribution in [1.82, 2.24) is 5.32 Å². The maximum absolute atomic E-state index is 3.77. The Morgan fingerprint density at radius 2 is 2.06 bits per heavy atom. The van der Waals surface area contributed by atoms with Crippen LogP contribution in [0.5, 0.6) is 0 Å². The number of rotatable bonds is 3. The molecule has 1 nitrogen and oxygen atoms in total. The quantitative estimate of drug-likeness (QED) is 0.862. The molecule has 0 aliphatic carbocycles. The number of hydrogen-bond acceptors (Lipinski definition) is 2. The van der Waals surface area contributed by atoms with E-state index in [9.17, 15) is 0 Å². The highest BCUT2D eigenvalue weighted by Gasteiger charge is 2.23. The topological polar surface area (TPSA) is 12.0 Å². The van der Waals surface area contributed by atoms with Gasteiger partial charge >= 0.3 is 0 Å². The molecule has 0 bridgehead atoms. The molecule has 1 aromatic carbocycles. The normalized spacial score (nSPS) is 21.4. The second-order valence-corrected chi connectivity index (χ2v) is 7.54. The number of thioether (sulfide) groups is 1. The van der Waals surface area contributed by atoms with Crippen LogP contribution in [-0.4, -0.2) is 12.3 Å².